The highest BCUT2D eigenvalue weighted by Gasteiger charge is 2.24. The van der Waals surface area contributed by atoms with E-state index >= 15 is 0 Å². The summed E-state index contributed by atoms with van der Waals surface area (Å²) in [7, 11) is 0. The smallest absolute Gasteiger partial charge is 0.255 e. The Morgan fingerprint density at radius 2 is 2.14 bits per heavy atom. The van der Waals surface area contributed by atoms with Gasteiger partial charge in [0.2, 0.25) is 0 Å². The number of piperidine rings is 1. The fourth-order valence-corrected chi connectivity index (χ4v) is 2.36. The molecule has 1 saturated heterocycles. The van der Waals surface area contributed by atoms with Gasteiger partial charge in [0.25, 0.3) is 11.8 Å². The molecular formula is C15H22ClN3O3. The van der Waals surface area contributed by atoms with Crippen molar-refractivity contribution < 1.29 is 14.3 Å². The first-order chi connectivity index (χ1) is 10.1. The van der Waals surface area contributed by atoms with Crippen LogP contribution in [0.2, 0.25) is 0 Å². The van der Waals surface area contributed by atoms with Crippen LogP contribution in [0.4, 0.5) is 0 Å². The van der Waals surface area contributed by atoms with E-state index in [0.717, 1.165) is 19.5 Å². The van der Waals surface area contributed by atoms with Crippen LogP contribution in [0.1, 0.15) is 23.7 Å². The number of carbonyl (C=O) groups is 2. The Balaban J connectivity index is 0.00000242. The minimum atomic E-state index is -0.574. The largest absolute Gasteiger partial charge is 0.483 e. The predicted molar refractivity (Wildman–Crippen MR) is 86.3 cm³/mol. The predicted octanol–water partition coefficient (Wildman–Crippen LogP) is 0.700. The zero-order valence-corrected chi connectivity index (χ0v) is 13.3. The zero-order chi connectivity index (χ0) is 15.2. The highest BCUT2D eigenvalue weighted by Crippen LogP contribution is 2.19. The van der Waals surface area contributed by atoms with Crippen molar-refractivity contribution >= 4 is 24.2 Å². The fourth-order valence-electron chi connectivity index (χ4n) is 2.36. The van der Waals surface area contributed by atoms with Crippen LogP contribution in [0.25, 0.3) is 0 Å². The van der Waals surface area contributed by atoms with Gasteiger partial charge >= 0.3 is 0 Å². The molecule has 22 heavy (non-hydrogen) atoms. The standard InChI is InChI=1S/C15H21N3O3.ClH/c1-10-6-7-17-8-12(10)18-15(20)11-4-2-3-5-13(11)21-9-14(16)19;/h2-5,10,12,17H,6-9H2,1H3,(H2,16,19)(H,18,20);1H. The Morgan fingerprint density at radius 3 is 2.82 bits per heavy atom. The molecule has 0 radical (unpaired) electrons. The highest BCUT2D eigenvalue weighted by atomic mass is 35.5. The molecule has 1 heterocycles. The van der Waals surface area contributed by atoms with E-state index in [1.165, 1.54) is 0 Å². The minimum absolute atomic E-state index is 0. The normalized spacial score (nSPS) is 20.6. The van der Waals surface area contributed by atoms with Crippen LogP contribution in [0.3, 0.4) is 0 Å². The van der Waals surface area contributed by atoms with Crippen molar-refractivity contribution in [2.24, 2.45) is 11.7 Å². The summed E-state index contributed by atoms with van der Waals surface area (Å²) in [6.07, 6.45) is 1.03. The first kappa shape index (κ1) is 18.3. The second kappa shape index (κ2) is 8.60. The van der Waals surface area contributed by atoms with E-state index < -0.39 is 5.91 Å². The molecule has 1 fully saturated rings. The summed E-state index contributed by atoms with van der Waals surface area (Å²) >= 11 is 0. The van der Waals surface area contributed by atoms with Crippen molar-refractivity contribution in [3.63, 3.8) is 0 Å². The van der Waals surface area contributed by atoms with Gasteiger partial charge in [0.15, 0.2) is 6.61 Å². The Morgan fingerprint density at radius 1 is 1.41 bits per heavy atom. The molecule has 0 spiro atoms. The molecule has 6 nitrogen and oxygen atoms in total. The quantitative estimate of drug-likeness (QED) is 0.742. The third-order valence-electron chi connectivity index (χ3n) is 3.65. The summed E-state index contributed by atoms with van der Waals surface area (Å²) in [5.41, 5.74) is 5.47. The van der Waals surface area contributed by atoms with Crippen molar-refractivity contribution in [1.82, 2.24) is 10.6 Å². The van der Waals surface area contributed by atoms with Gasteiger partial charge in [-0.15, -0.1) is 12.4 Å². The molecule has 2 rings (SSSR count). The molecule has 0 aromatic heterocycles. The number of primary amides is 1. The van der Waals surface area contributed by atoms with Crippen LogP contribution < -0.4 is 21.1 Å². The lowest BCUT2D eigenvalue weighted by molar-refractivity contribution is -0.119. The van der Waals surface area contributed by atoms with Gasteiger partial charge in [-0.25, -0.2) is 0 Å². The lowest BCUT2D eigenvalue weighted by Gasteiger charge is -2.30. The highest BCUT2D eigenvalue weighted by molar-refractivity contribution is 5.97. The number of para-hydroxylation sites is 1. The Bertz CT molecular complexity index is 525. The molecule has 1 aliphatic rings. The van der Waals surface area contributed by atoms with Crippen molar-refractivity contribution in [1.29, 1.82) is 0 Å². The Kier molecular flexibility index (Phi) is 7.14. The van der Waals surface area contributed by atoms with Crippen molar-refractivity contribution in [2.45, 2.75) is 19.4 Å². The number of halogens is 1. The third kappa shape index (κ3) is 4.89. The first-order valence-corrected chi connectivity index (χ1v) is 7.09. The number of ether oxygens (including phenoxy) is 1. The van der Waals surface area contributed by atoms with E-state index in [9.17, 15) is 9.59 Å². The molecule has 0 aliphatic carbocycles. The number of nitrogens with two attached hydrogens (primary N) is 1. The lowest BCUT2D eigenvalue weighted by Crippen LogP contribution is -2.50. The average molecular weight is 328 g/mol. The number of carbonyl (C=O) groups excluding carboxylic acids is 2. The fraction of sp³-hybridized carbons (Fsp3) is 0.467. The SMILES string of the molecule is CC1CCNCC1NC(=O)c1ccccc1OCC(N)=O.Cl. The van der Waals surface area contributed by atoms with Gasteiger partial charge in [-0.1, -0.05) is 19.1 Å². The van der Waals surface area contributed by atoms with Crippen LogP contribution in [0, 0.1) is 5.92 Å². The van der Waals surface area contributed by atoms with Crippen LogP contribution in [0.15, 0.2) is 24.3 Å². The number of amides is 2. The third-order valence-corrected chi connectivity index (χ3v) is 3.65. The van der Waals surface area contributed by atoms with Crippen LogP contribution >= 0.6 is 12.4 Å². The van der Waals surface area contributed by atoms with Gasteiger partial charge in [0.1, 0.15) is 5.75 Å². The molecule has 2 unspecified atom stereocenters. The Hall–Kier alpha value is -1.79. The molecular weight excluding hydrogens is 306 g/mol. The Labute approximate surface area is 136 Å². The number of benzene rings is 1. The summed E-state index contributed by atoms with van der Waals surface area (Å²) in [5, 5.41) is 6.28. The van der Waals surface area contributed by atoms with Gasteiger partial charge < -0.3 is 21.1 Å². The topological polar surface area (TPSA) is 93.4 Å². The van der Waals surface area contributed by atoms with E-state index in [0.29, 0.717) is 17.2 Å². The van der Waals surface area contributed by atoms with Gasteiger partial charge in [0.05, 0.1) is 5.56 Å². The molecule has 4 N–H and O–H groups in total. The van der Waals surface area contributed by atoms with E-state index in [-0.39, 0.29) is 31.0 Å². The van der Waals surface area contributed by atoms with Gasteiger partial charge in [-0.05, 0) is 31.0 Å². The second-order valence-corrected chi connectivity index (χ2v) is 5.30. The first-order valence-electron chi connectivity index (χ1n) is 7.09. The van der Waals surface area contributed by atoms with Crippen molar-refractivity contribution in [3.05, 3.63) is 29.8 Å². The minimum Gasteiger partial charge on any atom is -0.483 e. The zero-order valence-electron chi connectivity index (χ0n) is 12.5. The summed E-state index contributed by atoms with van der Waals surface area (Å²) < 4.78 is 5.28. The van der Waals surface area contributed by atoms with E-state index in [4.69, 9.17) is 10.5 Å². The number of hydrogen-bond acceptors (Lipinski definition) is 4. The van der Waals surface area contributed by atoms with Gasteiger partial charge in [-0.3, -0.25) is 9.59 Å². The maximum atomic E-state index is 12.4. The molecule has 122 valence electrons. The molecule has 2 atom stereocenters. The van der Waals surface area contributed by atoms with E-state index in [1.807, 2.05) is 0 Å². The van der Waals surface area contributed by atoms with Gasteiger partial charge in [-0.2, -0.15) is 0 Å². The lowest BCUT2D eigenvalue weighted by atomic mass is 9.94. The number of rotatable bonds is 5. The van der Waals surface area contributed by atoms with Crippen LogP contribution in [-0.4, -0.2) is 37.6 Å². The molecule has 0 saturated carbocycles. The van der Waals surface area contributed by atoms with Crippen molar-refractivity contribution in [2.75, 3.05) is 19.7 Å². The maximum Gasteiger partial charge on any atom is 0.255 e. The van der Waals surface area contributed by atoms with Crippen molar-refractivity contribution in [3.8, 4) is 5.75 Å². The molecule has 1 aromatic carbocycles. The maximum absolute atomic E-state index is 12.4. The number of hydrogen-bond donors (Lipinski definition) is 3. The number of nitrogens with one attached hydrogen (secondary N) is 2. The summed E-state index contributed by atoms with van der Waals surface area (Å²) in [5.74, 6) is 0.0186. The molecule has 2 amide bonds. The monoisotopic (exact) mass is 327 g/mol. The van der Waals surface area contributed by atoms with Crippen LogP contribution in [0.5, 0.6) is 5.75 Å². The summed E-state index contributed by atoms with van der Waals surface area (Å²) in [6.45, 7) is 3.62. The van der Waals surface area contributed by atoms with Gasteiger partial charge in [0, 0.05) is 12.6 Å². The average Bonchev–Trinajstić information content (AvgIpc) is 2.47. The van der Waals surface area contributed by atoms with Crippen LogP contribution in [-0.2, 0) is 4.79 Å². The molecule has 0 bridgehead atoms. The molecule has 1 aliphatic heterocycles. The summed E-state index contributed by atoms with van der Waals surface area (Å²) in [6, 6.07) is 6.93. The second-order valence-electron chi connectivity index (χ2n) is 5.30. The molecule has 1 aromatic rings. The van der Waals surface area contributed by atoms with E-state index in [2.05, 4.69) is 17.6 Å². The molecule has 7 heteroatoms. The van der Waals surface area contributed by atoms with E-state index in [1.54, 1.807) is 24.3 Å². The summed E-state index contributed by atoms with van der Waals surface area (Å²) in [4.78, 5) is 23.2.